The summed E-state index contributed by atoms with van der Waals surface area (Å²) in [5, 5.41) is 7.50. The lowest BCUT2D eigenvalue weighted by Gasteiger charge is -2.25. The van der Waals surface area contributed by atoms with Crippen LogP contribution in [-0.4, -0.2) is 63.1 Å². The van der Waals surface area contributed by atoms with Crippen molar-refractivity contribution in [3.8, 4) is 28.6 Å². The molecule has 2 unspecified atom stereocenters. The summed E-state index contributed by atoms with van der Waals surface area (Å²) < 4.78 is 51.3. The number of rotatable bonds is 11. The Morgan fingerprint density at radius 3 is 2.32 bits per heavy atom. The second-order valence-corrected chi connectivity index (χ2v) is 11.6. The summed E-state index contributed by atoms with van der Waals surface area (Å²) in [6.07, 6.45) is 5.73. The van der Waals surface area contributed by atoms with Gasteiger partial charge < -0.3 is 18.6 Å². The predicted molar refractivity (Wildman–Crippen MR) is 154 cm³/mol. The zero-order valence-electron chi connectivity index (χ0n) is 23.3. The average molecular weight is 578 g/mol. The number of ether oxygens (including phenoxy) is 3. The Labute approximate surface area is 238 Å². The number of benzene rings is 1. The number of anilines is 1. The molecule has 0 aliphatic heterocycles. The minimum atomic E-state index is -4.13. The van der Waals surface area contributed by atoms with Gasteiger partial charge in [-0.1, -0.05) is 12.1 Å². The summed E-state index contributed by atoms with van der Waals surface area (Å²) in [5.41, 5.74) is 2.20. The van der Waals surface area contributed by atoms with Crippen molar-refractivity contribution in [3.63, 3.8) is 0 Å². The van der Waals surface area contributed by atoms with Crippen molar-refractivity contribution in [2.75, 3.05) is 18.9 Å². The van der Waals surface area contributed by atoms with Crippen LogP contribution in [0.5, 0.6) is 11.5 Å². The van der Waals surface area contributed by atoms with E-state index in [1.54, 1.807) is 60.4 Å². The van der Waals surface area contributed by atoms with Crippen molar-refractivity contribution < 1.29 is 22.6 Å². The molecule has 13 heteroatoms. The molecule has 0 aliphatic rings. The van der Waals surface area contributed by atoms with Crippen LogP contribution in [0, 0.1) is 0 Å². The minimum Gasteiger partial charge on any atom is -0.494 e. The Balaban J connectivity index is 1.60. The fraction of sp³-hybridized carbons (Fsp3) is 0.286. The molecule has 4 heterocycles. The third kappa shape index (κ3) is 5.58. The second kappa shape index (κ2) is 11.6. The van der Waals surface area contributed by atoms with Gasteiger partial charge in [0.05, 0.1) is 26.0 Å². The number of sulfonamides is 1. The first-order valence-electron chi connectivity index (χ1n) is 12.9. The molecule has 5 aromatic rings. The van der Waals surface area contributed by atoms with Crippen molar-refractivity contribution in [1.29, 1.82) is 0 Å². The first-order valence-corrected chi connectivity index (χ1v) is 14.5. The molecular weight excluding hydrogens is 546 g/mol. The monoisotopic (exact) mass is 577 g/mol. The van der Waals surface area contributed by atoms with Crippen LogP contribution >= 0.6 is 0 Å². The SMILES string of the molecule is COc1cccc(OC)c1-n1c(NS(=O)(=O)C(C)C(OC(C)C)c2cn3ccccc3n2)nnc1-c1cccnc1. The Morgan fingerprint density at radius 2 is 1.68 bits per heavy atom. The highest BCUT2D eigenvalue weighted by molar-refractivity contribution is 7.93. The fourth-order valence-electron chi connectivity index (χ4n) is 4.48. The van der Waals surface area contributed by atoms with Crippen LogP contribution in [0.1, 0.15) is 32.6 Å². The van der Waals surface area contributed by atoms with Crippen LogP contribution in [0.25, 0.3) is 22.7 Å². The predicted octanol–water partition coefficient (Wildman–Crippen LogP) is 4.29. The smallest absolute Gasteiger partial charge is 0.243 e. The number of nitrogens with zero attached hydrogens (tertiary/aromatic N) is 6. The standard InChI is InChI=1S/C28H31N7O5S/c1-18(2)40-26(21-17-34-15-7-6-13-24(34)30-21)19(3)41(36,37)33-28-32-31-27(20-10-9-14-29-16-20)35(28)25-22(38-4)11-8-12-23(25)39-5/h6-19,26H,1-5H3,(H,32,33). The van der Waals surface area contributed by atoms with Gasteiger partial charge in [0, 0.05) is 30.4 Å². The van der Waals surface area contributed by atoms with Crippen molar-refractivity contribution in [2.45, 2.75) is 38.2 Å². The Bertz CT molecular complexity index is 1700. The maximum atomic E-state index is 14.0. The van der Waals surface area contributed by atoms with Crippen LogP contribution in [0.3, 0.4) is 0 Å². The van der Waals surface area contributed by atoms with E-state index in [0.29, 0.717) is 39.9 Å². The van der Waals surface area contributed by atoms with Gasteiger partial charge in [0.1, 0.15) is 34.2 Å². The first-order chi connectivity index (χ1) is 19.7. The van der Waals surface area contributed by atoms with E-state index in [4.69, 9.17) is 14.2 Å². The van der Waals surface area contributed by atoms with E-state index in [2.05, 4.69) is 24.9 Å². The first kappa shape index (κ1) is 28.1. The number of nitrogens with one attached hydrogen (secondary N) is 1. The van der Waals surface area contributed by atoms with Gasteiger partial charge in [0.25, 0.3) is 0 Å². The lowest BCUT2D eigenvalue weighted by molar-refractivity contribution is 0.00444. The molecule has 0 aliphatic carbocycles. The minimum absolute atomic E-state index is 0.0585. The third-order valence-electron chi connectivity index (χ3n) is 6.45. The number of methoxy groups -OCH3 is 2. The van der Waals surface area contributed by atoms with Gasteiger partial charge in [-0.25, -0.2) is 13.4 Å². The maximum absolute atomic E-state index is 14.0. The van der Waals surface area contributed by atoms with Crippen molar-refractivity contribution in [1.82, 2.24) is 29.1 Å². The lowest BCUT2D eigenvalue weighted by atomic mass is 10.2. The number of para-hydroxylation sites is 1. The van der Waals surface area contributed by atoms with E-state index in [0.717, 1.165) is 0 Å². The molecule has 41 heavy (non-hydrogen) atoms. The van der Waals surface area contributed by atoms with E-state index in [-0.39, 0.29) is 12.1 Å². The van der Waals surface area contributed by atoms with Crippen LogP contribution in [0.2, 0.25) is 0 Å². The maximum Gasteiger partial charge on any atom is 0.243 e. The normalized spacial score (nSPS) is 13.3. The van der Waals surface area contributed by atoms with Crippen LogP contribution in [0.4, 0.5) is 5.95 Å². The highest BCUT2D eigenvalue weighted by Gasteiger charge is 2.36. The highest BCUT2D eigenvalue weighted by Crippen LogP contribution is 2.38. The molecule has 0 bridgehead atoms. The number of imidazole rings is 1. The molecule has 0 fully saturated rings. The molecule has 0 amide bonds. The summed E-state index contributed by atoms with van der Waals surface area (Å²) in [5.74, 6) is 1.13. The van der Waals surface area contributed by atoms with Crippen molar-refractivity contribution >= 4 is 21.6 Å². The summed E-state index contributed by atoms with van der Waals surface area (Å²) in [4.78, 5) is 8.82. The van der Waals surface area contributed by atoms with E-state index in [9.17, 15) is 8.42 Å². The summed E-state index contributed by atoms with van der Waals surface area (Å²) in [6.45, 7) is 5.27. The molecule has 12 nitrogen and oxygen atoms in total. The summed E-state index contributed by atoms with van der Waals surface area (Å²) in [7, 11) is -1.10. The van der Waals surface area contributed by atoms with Crippen molar-refractivity contribution in [2.24, 2.45) is 0 Å². The third-order valence-corrected chi connectivity index (χ3v) is 8.14. The molecule has 214 valence electrons. The Kier molecular flexibility index (Phi) is 7.90. The molecule has 0 saturated carbocycles. The van der Waals surface area contributed by atoms with Gasteiger partial charge in [-0.2, -0.15) is 0 Å². The van der Waals surface area contributed by atoms with Gasteiger partial charge in [0.2, 0.25) is 16.0 Å². The molecule has 1 N–H and O–H groups in total. The van der Waals surface area contributed by atoms with E-state index in [1.807, 2.05) is 42.6 Å². The van der Waals surface area contributed by atoms with Crippen LogP contribution in [0.15, 0.2) is 73.3 Å². The van der Waals surface area contributed by atoms with Gasteiger partial charge in [-0.3, -0.25) is 14.3 Å². The zero-order chi connectivity index (χ0) is 29.1. The molecule has 4 aromatic heterocycles. The number of pyridine rings is 2. The molecular formula is C28H31N7O5S. The largest absolute Gasteiger partial charge is 0.494 e. The number of fused-ring (bicyclic) bond motifs is 1. The Hall–Kier alpha value is -4.49. The summed E-state index contributed by atoms with van der Waals surface area (Å²) >= 11 is 0. The van der Waals surface area contributed by atoms with Crippen LogP contribution < -0.4 is 14.2 Å². The van der Waals surface area contributed by atoms with Crippen LogP contribution in [-0.2, 0) is 14.8 Å². The Morgan fingerprint density at radius 1 is 0.927 bits per heavy atom. The fourth-order valence-corrected chi connectivity index (χ4v) is 5.59. The summed E-state index contributed by atoms with van der Waals surface area (Å²) in [6, 6.07) is 14.4. The van der Waals surface area contributed by atoms with Gasteiger partial charge in [-0.05, 0) is 57.2 Å². The van der Waals surface area contributed by atoms with Gasteiger partial charge in [-0.15, -0.1) is 10.2 Å². The lowest BCUT2D eigenvalue weighted by Crippen LogP contribution is -2.34. The quantitative estimate of drug-likeness (QED) is 0.244. The van der Waals surface area contributed by atoms with E-state index >= 15 is 0 Å². The number of aromatic nitrogens is 6. The average Bonchev–Trinajstić information content (AvgIpc) is 3.59. The second-order valence-electron chi connectivity index (χ2n) is 9.52. The molecule has 2 atom stereocenters. The molecule has 0 radical (unpaired) electrons. The molecule has 1 aromatic carbocycles. The molecule has 0 spiro atoms. The van der Waals surface area contributed by atoms with E-state index < -0.39 is 21.4 Å². The van der Waals surface area contributed by atoms with Crippen molar-refractivity contribution in [3.05, 3.63) is 79.0 Å². The highest BCUT2D eigenvalue weighted by atomic mass is 32.2. The van der Waals surface area contributed by atoms with Gasteiger partial charge in [0.15, 0.2) is 5.82 Å². The molecule has 0 saturated heterocycles. The molecule has 5 rings (SSSR count). The van der Waals surface area contributed by atoms with E-state index in [1.165, 1.54) is 14.2 Å². The number of hydrogen-bond donors (Lipinski definition) is 1. The number of hydrogen-bond acceptors (Lipinski definition) is 9. The topological polar surface area (TPSA) is 135 Å². The zero-order valence-corrected chi connectivity index (χ0v) is 24.1. The van der Waals surface area contributed by atoms with Gasteiger partial charge >= 0.3 is 0 Å².